The van der Waals surface area contributed by atoms with Gasteiger partial charge in [0.2, 0.25) is 0 Å². The van der Waals surface area contributed by atoms with E-state index in [-0.39, 0.29) is 11.3 Å². The minimum absolute atomic E-state index is 0.115. The molecular weight excluding hydrogens is 206 g/mol. The van der Waals surface area contributed by atoms with Crippen molar-refractivity contribution in [2.75, 3.05) is 11.5 Å². The van der Waals surface area contributed by atoms with Crippen LogP contribution in [-0.2, 0) is 0 Å². The third-order valence-electron chi connectivity index (χ3n) is 2.01. The van der Waals surface area contributed by atoms with E-state index in [0.29, 0.717) is 10.4 Å². The zero-order valence-electron chi connectivity index (χ0n) is 7.13. The van der Waals surface area contributed by atoms with E-state index < -0.39 is 6.43 Å². The first-order valence-corrected chi connectivity index (χ1v) is 4.77. The summed E-state index contributed by atoms with van der Waals surface area (Å²) < 4.78 is 26.0. The van der Waals surface area contributed by atoms with Crippen LogP contribution in [0.3, 0.4) is 0 Å². The number of nitrogens with two attached hydrogens (primary N) is 2. The fraction of sp³-hybridized carbons (Fsp3) is 0.111. The fourth-order valence-corrected chi connectivity index (χ4v) is 2.26. The Morgan fingerprint density at radius 2 is 1.93 bits per heavy atom. The molecule has 1 heterocycles. The summed E-state index contributed by atoms with van der Waals surface area (Å²) in [5, 5.41) is 0.981. The highest BCUT2D eigenvalue weighted by Gasteiger charge is 2.16. The summed E-state index contributed by atoms with van der Waals surface area (Å²) in [6.07, 6.45) is -2.56. The van der Waals surface area contributed by atoms with Crippen molar-refractivity contribution in [3.05, 3.63) is 23.8 Å². The average molecular weight is 214 g/mol. The number of halogens is 2. The lowest BCUT2D eigenvalue weighted by Gasteiger charge is -2.05. The van der Waals surface area contributed by atoms with Crippen LogP contribution in [0.1, 0.15) is 12.0 Å². The molecule has 2 aromatic rings. The third kappa shape index (κ3) is 1.29. The van der Waals surface area contributed by atoms with Crippen LogP contribution in [0.4, 0.5) is 19.5 Å². The number of thiophene rings is 1. The Labute approximate surface area is 83.1 Å². The van der Waals surface area contributed by atoms with E-state index >= 15 is 0 Å². The highest BCUT2D eigenvalue weighted by atomic mass is 32.1. The van der Waals surface area contributed by atoms with Crippen molar-refractivity contribution in [1.29, 1.82) is 0 Å². The number of hydrogen-bond acceptors (Lipinski definition) is 3. The molecule has 0 radical (unpaired) electrons. The van der Waals surface area contributed by atoms with Crippen molar-refractivity contribution in [1.82, 2.24) is 0 Å². The van der Waals surface area contributed by atoms with Crippen LogP contribution < -0.4 is 11.5 Å². The van der Waals surface area contributed by atoms with Gasteiger partial charge in [-0.25, -0.2) is 8.78 Å². The zero-order chi connectivity index (χ0) is 10.3. The molecule has 1 aromatic carbocycles. The normalized spacial score (nSPS) is 11.4. The maximum absolute atomic E-state index is 12.7. The average Bonchev–Trinajstić information content (AvgIpc) is 2.43. The minimum atomic E-state index is -2.56. The van der Waals surface area contributed by atoms with E-state index in [9.17, 15) is 8.78 Å². The predicted molar refractivity (Wildman–Crippen MR) is 55.6 cm³/mol. The van der Waals surface area contributed by atoms with Crippen LogP contribution in [-0.4, -0.2) is 0 Å². The van der Waals surface area contributed by atoms with E-state index in [2.05, 4.69) is 0 Å². The molecule has 0 aliphatic carbocycles. The van der Waals surface area contributed by atoms with Crippen molar-refractivity contribution in [2.24, 2.45) is 0 Å². The summed E-state index contributed by atoms with van der Waals surface area (Å²) >= 11 is 1.28. The summed E-state index contributed by atoms with van der Waals surface area (Å²) in [7, 11) is 0. The molecule has 0 aliphatic rings. The summed E-state index contributed by atoms with van der Waals surface area (Å²) in [6.45, 7) is 0. The van der Waals surface area contributed by atoms with Gasteiger partial charge < -0.3 is 11.5 Å². The molecule has 14 heavy (non-hydrogen) atoms. The molecule has 4 N–H and O–H groups in total. The highest BCUT2D eigenvalue weighted by Crippen LogP contribution is 2.37. The topological polar surface area (TPSA) is 52.0 Å². The molecule has 0 amide bonds. The predicted octanol–water partition coefficient (Wildman–Crippen LogP) is 3.00. The Bertz CT molecular complexity index is 479. The maximum atomic E-state index is 12.7. The molecule has 0 saturated heterocycles. The molecule has 2 nitrogen and oxygen atoms in total. The first-order valence-electron chi connectivity index (χ1n) is 3.95. The van der Waals surface area contributed by atoms with Gasteiger partial charge in [-0.15, -0.1) is 11.3 Å². The Hall–Kier alpha value is -1.36. The number of anilines is 2. The molecule has 74 valence electrons. The highest BCUT2D eigenvalue weighted by molar-refractivity contribution is 7.22. The van der Waals surface area contributed by atoms with Gasteiger partial charge in [0.25, 0.3) is 6.43 Å². The zero-order valence-corrected chi connectivity index (χ0v) is 7.94. The first kappa shape index (κ1) is 9.21. The number of alkyl halides is 2. The number of nitrogen functional groups attached to an aromatic ring is 2. The molecule has 5 heteroatoms. The minimum Gasteiger partial charge on any atom is -0.398 e. The molecule has 0 aliphatic heterocycles. The summed E-state index contributed by atoms with van der Waals surface area (Å²) in [6, 6.07) is 4.73. The van der Waals surface area contributed by atoms with Gasteiger partial charge in [-0.1, -0.05) is 0 Å². The molecule has 0 spiro atoms. The second-order valence-electron chi connectivity index (χ2n) is 2.93. The molecular formula is C9H8F2N2S. The van der Waals surface area contributed by atoms with Crippen LogP contribution in [0.2, 0.25) is 0 Å². The monoisotopic (exact) mass is 214 g/mol. The van der Waals surface area contributed by atoms with Crippen LogP contribution in [0.25, 0.3) is 10.1 Å². The maximum Gasteiger partial charge on any atom is 0.266 e. The third-order valence-corrected chi connectivity index (χ3v) is 2.94. The number of fused-ring (bicyclic) bond motifs is 1. The SMILES string of the molecule is Nc1cc2c(C(F)F)c(N)ccc2s1. The smallest absolute Gasteiger partial charge is 0.266 e. The van der Waals surface area contributed by atoms with E-state index in [1.54, 1.807) is 6.07 Å². The standard InChI is InChI=1S/C9H8F2N2S/c10-9(11)8-4-3-7(13)14-6(4)2-1-5(8)12/h1-3,9H,12-13H2. The summed E-state index contributed by atoms with van der Waals surface area (Å²) in [4.78, 5) is 0. The lowest BCUT2D eigenvalue weighted by molar-refractivity contribution is 0.154. The van der Waals surface area contributed by atoms with Gasteiger partial charge in [0.1, 0.15) is 0 Å². The first-order chi connectivity index (χ1) is 6.59. The van der Waals surface area contributed by atoms with Crippen LogP contribution in [0, 0.1) is 0 Å². The second kappa shape index (κ2) is 3.09. The molecule has 0 bridgehead atoms. The van der Waals surface area contributed by atoms with Gasteiger partial charge in [0, 0.05) is 21.3 Å². The quantitative estimate of drug-likeness (QED) is 0.717. The van der Waals surface area contributed by atoms with E-state index in [1.165, 1.54) is 23.5 Å². The van der Waals surface area contributed by atoms with Gasteiger partial charge in [-0.2, -0.15) is 0 Å². The van der Waals surface area contributed by atoms with Crippen molar-refractivity contribution < 1.29 is 8.78 Å². The van der Waals surface area contributed by atoms with Crippen LogP contribution in [0.15, 0.2) is 18.2 Å². The van der Waals surface area contributed by atoms with Gasteiger partial charge in [-0.05, 0) is 18.2 Å². The van der Waals surface area contributed by atoms with E-state index in [4.69, 9.17) is 11.5 Å². The molecule has 0 unspecified atom stereocenters. The van der Waals surface area contributed by atoms with E-state index in [0.717, 1.165) is 4.70 Å². The Kier molecular flexibility index (Phi) is 2.03. The van der Waals surface area contributed by atoms with Gasteiger partial charge in [-0.3, -0.25) is 0 Å². The number of hydrogen-bond donors (Lipinski definition) is 2. The van der Waals surface area contributed by atoms with Crippen molar-refractivity contribution in [3.63, 3.8) is 0 Å². The molecule has 2 rings (SSSR count). The number of rotatable bonds is 1. The van der Waals surface area contributed by atoms with Crippen LogP contribution >= 0.6 is 11.3 Å². The summed E-state index contributed by atoms with van der Waals surface area (Å²) in [5.41, 5.74) is 11.0. The van der Waals surface area contributed by atoms with Crippen molar-refractivity contribution >= 4 is 32.1 Å². The lowest BCUT2D eigenvalue weighted by Crippen LogP contribution is -1.94. The molecule has 0 saturated carbocycles. The largest absolute Gasteiger partial charge is 0.398 e. The van der Waals surface area contributed by atoms with Crippen LogP contribution in [0.5, 0.6) is 0 Å². The van der Waals surface area contributed by atoms with E-state index in [1.807, 2.05) is 0 Å². The van der Waals surface area contributed by atoms with Crippen molar-refractivity contribution in [2.45, 2.75) is 6.43 Å². The number of benzene rings is 1. The second-order valence-corrected chi connectivity index (χ2v) is 4.05. The fourth-order valence-electron chi connectivity index (χ4n) is 1.41. The van der Waals surface area contributed by atoms with Crippen molar-refractivity contribution in [3.8, 4) is 0 Å². The van der Waals surface area contributed by atoms with Gasteiger partial charge in [0.05, 0.1) is 5.00 Å². The Morgan fingerprint density at radius 3 is 2.57 bits per heavy atom. The van der Waals surface area contributed by atoms with Gasteiger partial charge >= 0.3 is 0 Å². The molecule has 1 aromatic heterocycles. The molecule has 0 atom stereocenters. The Morgan fingerprint density at radius 1 is 1.21 bits per heavy atom. The molecule has 0 fully saturated rings. The van der Waals surface area contributed by atoms with Gasteiger partial charge in [0.15, 0.2) is 0 Å². The summed E-state index contributed by atoms with van der Waals surface area (Å²) in [5.74, 6) is 0. The lowest BCUT2D eigenvalue weighted by atomic mass is 10.1. The Balaban J connectivity index is 2.82.